The minimum absolute atomic E-state index is 0.139. The molecule has 0 aromatic carbocycles. The van der Waals surface area contributed by atoms with Crippen LogP contribution in [0.4, 0.5) is 5.82 Å². The second kappa shape index (κ2) is 5.46. The van der Waals surface area contributed by atoms with Gasteiger partial charge in [-0.25, -0.2) is 9.97 Å². The van der Waals surface area contributed by atoms with Gasteiger partial charge < -0.3 is 10.4 Å². The number of nitrogens with one attached hydrogen (secondary N) is 1. The summed E-state index contributed by atoms with van der Waals surface area (Å²) in [5.41, 5.74) is 0.700. The van der Waals surface area contributed by atoms with E-state index < -0.39 is 0 Å². The summed E-state index contributed by atoms with van der Waals surface area (Å²) < 4.78 is 0. The van der Waals surface area contributed by atoms with Crippen molar-refractivity contribution in [3.63, 3.8) is 0 Å². The number of hydrogen-bond donors (Lipinski definition) is 2. The first-order valence-electron chi connectivity index (χ1n) is 5.38. The van der Waals surface area contributed by atoms with Gasteiger partial charge in [0.15, 0.2) is 0 Å². The third kappa shape index (κ3) is 3.32. The van der Waals surface area contributed by atoms with Crippen molar-refractivity contribution in [1.29, 1.82) is 0 Å². The van der Waals surface area contributed by atoms with Gasteiger partial charge in [-0.05, 0) is 26.7 Å². The van der Waals surface area contributed by atoms with Gasteiger partial charge in [0.25, 0.3) is 0 Å². The monoisotopic (exact) mass is 243 g/mol. The maximum atomic E-state index is 8.96. The number of nitrogens with zero attached hydrogens (tertiary/aromatic N) is 2. The van der Waals surface area contributed by atoms with Crippen molar-refractivity contribution in [3.8, 4) is 0 Å². The summed E-state index contributed by atoms with van der Waals surface area (Å²) in [5.74, 6) is 0.751. The van der Waals surface area contributed by atoms with Crippen LogP contribution in [0.15, 0.2) is 6.33 Å². The Balaban J connectivity index is 2.92. The summed E-state index contributed by atoms with van der Waals surface area (Å²) in [4.78, 5) is 8.14. The second-order valence-electron chi connectivity index (χ2n) is 4.33. The van der Waals surface area contributed by atoms with Crippen LogP contribution >= 0.6 is 11.6 Å². The van der Waals surface area contributed by atoms with E-state index in [1.54, 1.807) is 0 Å². The zero-order valence-corrected chi connectivity index (χ0v) is 10.7. The Morgan fingerprint density at radius 2 is 2.12 bits per heavy atom. The molecule has 0 saturated carbocycles. The predicted octanol–water partition coefficient (Wildman–Crippen LogP) is 2.27. The average molecular weight is 244 g/mol. The number of aliphatic hydroxyl groups is 1. The molecular formula is C11H18ClN3O. The summed E-state index contributed by atoms with van der Waals surface area (Å²) in [5, 5.41) is 12.7. The molecule has 5 heteroatoms. The normalized spacial score (nSPS) is 11.6. The first kappa shape index (κ1) is 13.2. The van der Waals surface area contributed by atoms with Gasteiger partial charge in [0.1, 0.15) is 17.3 Å². The summed E-state index contributed by atoms with van der Waals surface area (Å²) >= 11 is 5.99. The van der Waals surface area contributed by atoms with Crippen LogP contribution in [0.5, 0.6) is 0 Å². The van der Waals surface area contributed by atoms with Crippen molar-refractivity contribution in [3.05, 3.63) is 17.0 Å². The third-order valence-corrected chi connectivity index (χ3v) is 2.77. The minimum Gasteiger partial charge on any atom is -0.396 e. The van der Waals surface area contributed by atoms with Crippen LogP contribution in [-0.4, -0.2) is 27.2 Å². The quantitative estimate of drug-likeness (QED) is 0.779. The Kier molecular flexibility index (Phi) is 4.50. The lowest BCUT2D eigenvalue weighted by molar-refractivity contribution is 0.260. The van der Waals surface area contributed by atoms with Crippen LogP contribution < -0.4 is 5.32 Å². The summed E-state index contributed by atoms with van der Waals surface area (Å²) in [7, 11) is 0. The minimum atomic E-state index is -0.212. The lowest BCUT2D eigenvalue weighted by atomic mass is 10.0. The predicted molar refractivity (Wildman–Crippen MR) is 65.8 cm³/mol. The van der Waals surface area contributed by atoms with Gasteiger partial charge >= 0.3 is 0 Å². The van der Waals surface area contributed by atoms with Crippen molar-refractivity contribution in [2.75, 3.05) is 11.9 Å². The fraction of sp³-hybridized carbons (Fsp3) is 0.636. The Morgan fingerprint density at radius 1 is 1.44 bits per heavy atom. The van der Waals surface area contributed by atoms with E-state index in [1.165, 1.54) is 6.33 Å². The Morgan fingerprint density at radius 3 is 2.69 bits per heavy atom. The summed E-state index contributed by atoms with van der Waals surface area (Å²) in [6.07, 6.45) is 2.87. The lowest BCUT2D eigenvalue weighted by Crippen LogP contribution is -2.33. The van der Waals surface area contributed by atoms with Gasteiger partial charge in [0.2, 0.25) is 0 Å². The Labute approximate surface area is 101 Å². The van der Waals surface area contributed by atoms with Crippen LogP contribution in [0.2, 0.25) is 5.15 Å². The van der Waals surface area contributed by atoms with E-state index in [0.29, 0.717) is 11.6 Å². The van der Waals surface area contributed by atoms with Crippen molar-refractivity contribution in [2.45, 2.75) is 39.2 Å². The molecule has 0 aliphatic carbocycles. The van der Waals surface area contributed by atoms with Gasteiger partial charge in [-0.15, -0.1) is 0 Å². The molecular weight excluding hydrogens is 226 g/mol. The van der Waals surface area contributed by atoms with Crippen LogP contribution in [-0.2, 0) is 6.42 Å². The molecule has 1 aromatic heterocycles. The fourth-order valence-corrected chi connectivity index (χ4v) is 1.74. The number of halogens is 1. The molecule has 0 amide bonds. The van der Waals surface area contributed by atoms with Gasteiger partial charge in [0.05, 0.1) is 0 Å². The zero-order chi connectivity index (χ0) is 12.2. The standard InChI is InChI=1S/C11H18ClN3O/c1-4-8-9(12)13-7-14-10(8)15-11(2,3)5-6-16/h7,16H,4-6H2,1-3H3,(H,13,14,15). The summed E-state index contributed by atoms with van der Waals surface area (Å²) in [6.45, 7) is 6.17. The molecule has 0 atom stereocenters. The number of aliphatic hydroxyl groups excluding tert-OH is 1. The number of rotatable bonds is 5. The molecule has 0 bridgehead atoms. The highest BCUT2D eigenvalue weighted by molar-refractivity contribution is 6.30. The molecule has 0 unspecified atom stereocenters. The Hall–Kier alpha value is -0.870. The number of hydrogen-bond acceptors (Lipinski definition) is 4. The van der Waals surface area contributed by atoms with E-state index in [0.717, 1.165) is 17.8 Å². The fourth-order valence-electron chi connectivity index (χ4n) is 1.47. The first-order chi connectivity index (χ1) is 7.50. The van der Waals surface area contributed by atoms with E-state index in [4.69, 9.17) is 16.7 Å². The molecule has 1 heterocycles. The van der Waals surface area contributed by atoms with Crippen molar-refractivity contribution >= 4 is 17.4 Å². The molecule has 4 nitrogen and oxygen atoms in total. The van der Waals surface area contributed by atoms with Crippen LogP contribution in [0.3, 0.4) is 0 Å². The van der Waals surface area contributed by atoms with Crippen LogP contribution in [0, 0.1) is 0 Å². The van der Waals surface area contributed by atoms with E-state index in [2.05, 4.69) is 15.3 Å². The van der Waals surface area contributed by atoms with Crippen molar-refractivity contribution < 1.29 is 5.11 Å². The molecule has 0 radical (unpaired) electrons. The largest absolute Gasteiger partial charge is 0.396 e. The van der Waals surface area contributed by atoms with Gasteiger partial charge in [-0.2, -0.15) is 0 Å². The van der Waals surface area contributed by atoms with E-state index in [1.807, 2.05) is 20.8 Å². The molecule has 0 spiro atoms. The second-order valence-corrected chi connectivity index (χ2v) is 4.69. The molecule has 90 valence electrons. The summed E-state index contributed by atoms with van der Waals surface area (Å²) in [6, 6.07) is 0. The molecule has 1 aromatic rings. The van der Waals surface area contributed by atoms with Gasteiger partial charge in [0, 0.05) is 17.7 Å². The molecule has 0 aliphatic heterocycles. The van der Waals surface area contributed by atoms with Crippen LogP contribution in [0.1, 0.15) is 32.8 Å². The van der Waals surface area contributed by atoms with Crippen LogP contribution in [0.25, 0.3) is 0 Å². The first-order valence-corrected chi connectivity index (χ1v) is 5.76. The lowest BCUT2D eigenvalue weighted by Gasteiger charge is -2.27. The molecule has 0 saturated heterocycles. The smallest absolute Gasteiger partial charge is 0.137 e. The molecule has 0 fully saturated rings. The number of aromatic nitrogens is 2. The Bertz CT molecular complexity index is 355. The van der Waals surface area contributed by atoms with E-state index >= 15 is 0 Å². The highest BCUT2D eigenvalue weighted by Gasteiger charge is 2.19. The average Bonchev–Trinajstić information content (AvgIpc) is 2.17. The molecule has 2 N–H and O–H groups in total. The SMILES string of the molecule is CCc1c(Cl)ncnc1NC(C)(C)CCO. The maximum absolute atomic E-state index is 8.96. The van der Waals surface area contributed by atoms with E-state index in [9.17, 15) is 0 Å². The highest BCUT2D eigenvalue weighted by atomic mass is 35.5. The zero-order valence-electron chi connectivity index (χ0n) is 9.92. The van der Waals surface area contributed by atoms with Crippen molar-refractivity contribution in [1.82, 2.24) is 9.97 Å². The maximum Gasteiger partial charge on any atom is 0.137 e. The van der Waals surface area contributed by atoms with Gasteiger partial charge in [-0.1, -0.05) is 18.5 Å². The van der Waals surface area contributed by atoms with Gasteiger partial charge in [-0.3, -0.25) is 0 Å². The molecule has 1 rings (SSSR count). The number of anilines is 1. The highest BCUT2D eigenvalue weighted by Crippen LogP contribution is 2.24. The topological polar surface area (TPSA) is 58.0 Å². The molecule has 16 heavy (non-hydrogen) atoms. The third-order valence-electron chi connectivity index (χ3n) is 2.44. The molecule has 0 aliphatic rings. The van der Waals surface area contributed by atoms with Crippen molar-refractivity contribution in [2.24, 2.45) is 0 Å². The van der Waals surface area contributed by atoms with E-state index in [-0.39, 0.29) is 12.1 Å².